The highest BCUT2D eigenvalue weighted by Crippen LogP contribution is 2.15. The van der Waals surface area contributed by atoms with E-state index in [1.807, 2.05) is 0 Å². The van der Waals surface area contributed by atoms with Gasteiger partial charge in [-0.2, -0.15) is 12.6 Å². The topological polar surface area (TPSA) is 65.1 Å². The van der Waals surface area contributed by atoms with Crippen molar-refractivity contribution in [2.45, 2.75) is 20.4 Å². The third-order valence-corrected chi connectivity index (χ3v) is 3.25. The van der Waals surface area contributed by atoms with Crippen molar-refractivity contribution >= 4 is 18.3 Å². The Hall–Kier alpha value is -1.30. The van der Waals surface area contributed by atoms with Crippen molar-refractivity contribution in [2.24, 2.45) is 11.8 Å². The van der Waals surface area contributed by atoms with Gasteiger partial charge in [0.1, 0.15) is 0 Å². The van der Waals surface area contributed by atoms with Crippen LogP contribution >= 0.6 is 12.6 Å². The van der Waals surface area contributed by atoms with Gasteiger partial charge in [0, 0.05) is 18.8 Å². The smallest absolute Gasteiger partial charge is 0.332 e. The minimum Gasteiger partial charge on any atom is -0.348 e. The number of nitro groups is 1. The van der Waals surface area contributed by atoms with Gasteiger partial charge >= 0.3 is 5.69 Å². The highest BCUT2D eigenvalue weighted by Gasteiger charge is 2.15. The standard InChI is InChI=1S/C11H16N2O3S/c1-8(2)9(7-17)5-12-4-3-11(14)10(6-12)13(15)16/h3-4,6,8-9,17H,5,7H2,1-2H3. The molecule has 94 valence electrons. The van der Waals surface area contributed by atoms with Crippen molar-refractivity contribution in [3.63, 3.8) is 0 Å². The summed E-state index contributed by atoms with van der Waals surface area (Å²) in [5, 5.41) is 10.6. The molecule has 1 aromatic heterocycles. The molecule has 5 nitrogen and oxygen atoms in total. The lowest BCUT2D eigenvalue weighted by molar-refractivity contribution is -0.386. The molecule has 0 aromatic carbocycles. The molecule has 6 heteroatoms. The Morgan fingerprint density at radius 2 is 2.18 bits per heavy atom. The number of hydrogen-bond donors (Lipinski definition) is 1. The molecular formula is C11H16N2O3S. The summed E-state index contributed by atoms with van der Waals surface area (Å²) in [6.07, 6.45) is 2.87. The van der Waals surface area contributed by atoms with Gasteiger partial charge in [0.05, 0.1) is 11.1 Å². The second-order valence-corrected chi connectivity index (χ2v) is 4.70. The normalized spacial score (nSPS) is 12.7. The molecule has 0 aliphatic rings. The highest BCUT2D eigenvalue weighted by atomic mass is 32.1. The molecule has 1 aromatic rings. The molecule has 17 heavy (non-hydrogen) atoms. The third-order valence-electron chi connectivity index (χ3n) is 2.78. The molecule has 0 saturated heterocycles. The van der Waals surface area contributed by atoms with Gasteiger partial charge in [0.15, 0.2) is 0 Å². The molecule has 1 rings (SSSR count). The fourth-order valence-electron chi connectivity index (χ4n) is 1.51. The molecule has 0 amide bonds. The first-order chi connectivity index (χ1) is 7.95. The predicted molar refractivity (Wildman–Crippen MR) is 69.5 cm³/mol. The van der Waals surface area contributed by atoms with Crippen LogP contribution in [0.25, 0.3) is 0 Å². The molecular weight excluding hydrogens is 240 g/mol. The molecule has 0 aliphatic heterocycles. The molecule has 1 heterocycles. The van der Waals surface area contributed by atoms with Gasteiger partial charge in [-0.15, -0.1) is 0 Å². The number of thiol groups is 1. The maximum Gasteiger partial charge on any atom is 0.332 e. The van der Waals surface area contributed by atoms with Crippen molar-refractivity contribution in [1.82, 2.24) is 4.57 Å². The van der Waals surface area contributed by atoms with E-state index < -0.39 is 10.4 Å². The van der Waals surface area contributed by atoms with Crippen molar-refractivity contribution in [2.75, 3.05) is 5.75 Å². The Bertz CT molecular complexity index is 456. The molecule has 0 saturated carbocycles. The van der Waals surface area contributed by atoms with E-state index in [9.17, 15) is 14.9 Å². The van der Waals surface area contributed by atoms with Crippen LogP contribution in [0.15, 0.2) is 23.3 Å². The van der Waals surface area contributed by atoms with Crippen LogP contribution in [0, 0.1) is 22.0 Å². The molecule has 1 atom stereocenters. The average molecular weight is 256 g/mol. The summed E-state index contributed by atoms with van der Waals surface area (Å²) in [4.78, 5) is 21.2. The van der Waals surface area contributed by atoms with Crippen LogP contribution in [0.4, 0.5) is 5.69 Å². The fraction of sp³-hybridized carbons (Fsp3) is 0.545. The third kappa shape index (κ3) is 3.59. The number of hydrogen-bond acceptors (Lipinski definition) is 4. The Morgan fingerprint density at radius 1 is 1.53 bits per heavy atom. The van der Waals surface area contributed by atoms with E-state index in [4.69, 9.17) is 0 Å². The number of rotatable bonds is 5. The first-order valence-electron chi connectivity index (χ1n) is 5.41. The van der Waals surface area contributed by atoms with Gasteiger partial charge in [-0.3, -0.25) is 14.9 Å². The van der Waals surface area contributed by atoms with Gasteiger partial charge in [0.2, 0.25) is 0 Å². The summed E-state index contributed by atoms with van der Waals surface area (Å²) >= 11 is 4.26. The second-order valence-electron chi connectivity index (χ2n) is 4.33. The van der Waals surface area contributed by atoms with E-state index in [0.29, 0.717) is 24.1 Å². The van der Waals surface area contributed by atoms with E-state index in [-0.39, 0.29) is 5.69 Å². The lowest BCUT2D eigenvalue weighted by Gasteiger charge is -2.19. The van der Waals surface area contributed by atoms with Crippen LogP contribution in [-0.4, -0.2) is 15.2 Å². The van der Waals surface area contributed by atoms with E-state index in [2.05, 4.69) is 26.5 Å². The lowest BCUT2D eigenvalue weighted by atomic mass is 9.98. The lowest BCUT2D eigenvalue weighted by Crippen LogP contribution is -2.19. The molecule has 0 spiro atoms. The number of pyridine rings is 1. The maximum absolute atomic E-state index is 11.2. The van der Waals surface area contributed by atoms with Crippen LogP contribution in [0.5, 0.6) is 0 Å². The largest absolute Gasteiger partial charge is 0.348 e. The average Bonchev–Trinajstić information content (AvgIpc) is 2.27. The summed E-state index contributed by atoms with van der Waals surface area (Å²) < 4.78 is 1.68. The van der Waals surface area contributed by atoms with Crippen molar-refractivity contribution in [3.8, 4) is 0 Å². The SMILES string of the molecule is CC(C)C(CS)Cn1ccc(=O)c([N+](=O)[O-])c1. The van der Waals surface area contributed by atoms with Crippen LogP contribution in [0.1, 0.15) is 13.8 Å². The maximum atomic E-state index is 11.2. The zero-order valence-corrected chi connectivity index (χ0v) is 10.8. The van der Waals surface area contributed by atoms with E-state index >= 15 is 0 Å². The monoisotopic (exact) mass is 256 g/mol. The molecule has 1 unspecified atom stereocenters. The van der Waals surface area contributed by atoms with Gasteiger partial charge in [0.25, 0.3) is 5.43 Å². The summed E-state index contributed by atoms with van der Waals surface area (Å²) in [5.41, 5.74) is -0.938. The van der Waals surface area contributed by atoms with Gasteiger partial charge < -0.3 is 4.57 Å². The molecule has 0 N–H and O–H groups in total. The van der Waals surface area contributed by atoms with Crippen molar-refractivity contribution in [3.05, 3.63) is 38.8 Å². The first-order valence-corrected chi connectivity index (χ1v) is 6.04. The Morgan fingerprint density at radius 3 is 2.65 bits per heavy atom. The summed E-state index contributed by atoms with van der Waals surface area (Å²) in [5.74, 6) is 1.46. The summed E-state index contributed by atoms with van der Waals surface area (Å²) in [6, 6.07) is 1.23. The summed E-state index contributed by atoms with van der Waals surface area (Å²) in [6.45, 7) is 4.79. The Kier molecular flexibility index (Phi) is 4.74. The quantitative estimate of drug-likeness (QED) is 0.497. The second kappa shape index (κ2) is 5.86. The van der Waals surface area contributed by atoms with Crippen LogP contribution in [0.2, 0.25) is 0 Å². The van der Waals surface area contributed by atoms with Crippen LogP contribution in [-0.2, 0) is 6.54 Å². The zero-order chi connectivity index (χ0) is 13.0. The van der Waals surface area contributed by atoms with Crippen LogP contribution in [0.3, 0.4) is 0 Å². The van der Waals surface area contributed by atoms with Crippen molar-refractivity contribution < 1.29 is 4.92 Å². The minimum absolute atomic E-state index is 0.320. The Labute approximate surface area is 105 Å². The first kappa shape index (κ1) is 13.8. The van der Waals surface area contributed by atoms with Crippen LogP contribution < -0.4 is 5.43 Å². The van der Waals surface area contributed by atoms with Gasteiger partial charge in [-0.1, -0.05) is 13.8 Å². The number of nitrogens with zero attached hydrogens (tertiary/aromatic N) is 2. The number of aromatic nitrogens is 1. The molecule has 0 aliphatic carbocycles. The highest BCUT2D eigenvalue weighted by molar-refractivity contribution is 7.80. The van der Waals surface area contributed by atoms with Crippen molar-refractivity contribution in [1.29, 1.82) is 0 Å². The Balaban J connectivity index is 2.96. The molecule has 0 bridgehead atoms. The van der Waals surface area contributed by atoms with E-state index in [1.165, 1.54) is 12.3 Å². The zero-order valence-electron chi connectivity index (χ0n) is 9.87. The van der Waals surface area contributed by atoms with Gasteiger partial charge in [-0.05, 0) is 17.6 Å². The fourth-order valence-corrected chi connectivity index (χ4v) is 2.05. The molecule has 0 fully saturated rings. The summed E-state index contributed by atoms with van der Waals surface area (Å²) in [7, 11) is 0. The predicted octanol–water partition coefficient (Wildman–Crippen LogP) is 1.96. The molecule has 0 radical (unpaired) electrons. The van der Waals surface area contributed by atoms with E-state index in [1.54, 1.807) is 10.8 Å². The van der Waals surface area contributed by atoms with E-state index in [0.717, 1.165) is 0 Å². The minimum atomic E-state index is -0.649. The van der Waals surface area contributed by atoms with Gasteiger partial charge in [-0.25, -0.2) is 0 Å².